The first-order valence-electron chi connectivity index (χ1n) is 10.3. The highest BCUT2D eigenvalue weighted by Crippen LogP contribution is 2.30. The highest BCUT2D eigenvalue weighted by atomic mass is 16.5. The van der Waals surface area contributed by atoms with E-state index in [9.17, 15) is 0 Å². The Labute approximate surface area is 168 Å². The lowest BCUT2D eigenvalue weighted by Crippen LogP contribution is -2.32. The summed E-state index contributed by atoms with van der Waals surface area (Å²) in [6.45, 7) is 0.978. The molecule has 146 valence electrons. The van der Waals surface area contributed by atoms with E-state index in [1.807, 2.05) is 0 Å². The van der Waals surface area contributed by atoms with E-state index >= 15 is 0 Å². The first kappa shape index (κ1) is 18.8. The van der Waals surface area contributed by atoms with E-state index in [0.717, 1.165) is 25.1 Å². The normalized spacial score (nSPS) is 16.9. The first-order valence-corrected chi connectivity index (χ1v) is 10.3. The molecule has 0 radical (unpaired) electrons. The van der Waals surface area contributed by atoms with Gasteiger partial charge in [0.05, 0.1) is 7.11 Å². The van der Waals surface area contributed by atoms with Gasteiger partial charge in [0.25, 0.3) is 0 Å². The van der Waals surface area contributed by atoms with Gasteiger partial charge in [-0.2, -0.15) is 0 Å². The van der Waals surface area contributed by atoms with Crippen LogP contribution in [0.25, 0.3) is 16.5 Å². The van der Waals surface area contributed by atoms with Crippen molar-refractivity contribution in [2.45, 2.75) is 38.1 Å². The fourth-order valence-corrected chi connectivity index (χ4v) is 4.40. The monoisotopic (exact) mass is 374 g/mol. The Hall–Kier alpha value is -2.52. The van der Waals surface area contributed by atoms with Crippen molar-refractivity contribution in [2.75, 3.05) is 13.7 Å². The topological polar surface area (TPSA) is 26.2 Å². The van der Waals surface area contributed by atoms with Gasteiger partial charge < -0.3 is 14.6 Å². The quantitative estimate of drug-likeness (QED) is 0.565. The van der Waals surface area contributed by atoms with Gasteiger partial charge in [-0.1, -0.05) is 42.8 Å². The number of nitrogens with one attached hydrogen (secondary N) is 1. The van der Waals surface area contributed by atoms with Crippen LogP contribution in [0, 0.1) is 0 Å². The molecule has 0 aliphatic carbocycles. The van der Waals surface area contributed by atoms with Gasteiger partial charge in [0, 0.05) is 42.3 Å². The maximum absolute atomic E-state index is 5.64. The second-order valence-electron chi connectivity index (χ2n) is 7.76. The second-order valence-corrected chi connectivity index (χ2v) is 7.76. The fraction of sp³-hybridized carbons (Fsp3) is 0.360. The standard InChI is InChI=1S/C25H30N2O/c1-27-17-15-22-23(25(28-2)13-12-24(22)27)11-7-6-10-21-18-20(14-16-26-21)19-8-4-3-5-9-19/h3-5,8-9,12-15,17,21,26H,6-7,10-11,16,18H2,1-2H3. The summed E-state index contributed by atoms with van der Waals surface area (Å²) >= 11 is 0. The van der Waals surface area contributed by atoms with Crippen molar-refractivity contribution in [1.82, 2.24) is 9.88 Å². The lowest BCUT2D eigenvalue weighted by molar-refractivity contribution is 0.409. The highest BCUT2D eigenvalue weighted by Gasteiger charge is 2.16. The summed E-state index contributed by atoms with van der Waals surface area (Å²) in [6.07, 6.45) is 10.3. The molecule has 0 bridgehead atoms. The highest BCUT2D eigenvalue weighted by molar-refractivity contribution is 5.86. The average Bonchev–Trinajstić information content (AvgIpc) is 3.13. The van der Waals surface area contributed by atoms with Gasteiger partial charge in [-0.15, -0.1) is 0 Å². The summed E-state index contributed by atoms with van der Waals surface area (Å²) in [5.41, 5.74) is 5.49. The number of fused-ring (bicyclic) bond motifs is 1. The van der Waals surface area contributed by atoms with Gasteiger partial charge in [0.2, 0.25) is 0 Å². The van der Waals surface area contributed by atoms with E-state index in [0.29, 0.717) is 6.04 Å². The van der Waals surface area contributed by atoms with E-state index < -0.39 is 0 Å². The van der Waals surface area contributed by atoms with Crippen LogP contribution in [0.2, 0.25) is 0 Å². The van der Waals surface area contributed by atoms with E-state index in [4.69, 9.17) is 4.74 Å². The van der Waals surface area contributed by atoms with Crippen LogP contribution in [0.4, 0.5) is 0 Å². The molecule has 1 unspecified atom stereocenters. The van der Waals surface area contributed by atoms with Crippen molar-refractivity contribution < 1.29 is 4.74 Å². The van der Waals surface area contributed by atoms with Crippen molar-refractivity contribution in [3.63, 3.8) is 0 Å². The minimum absolute atomic E-state index is 0.578. The molecule has 1 aliphatic rings. The predicted octanol–water partition coefficient (Wildman–Crippen LogP) is 5.35. The first-order chi connectivity index (χ1) is 13.8. The van der Waals surface area contributed by atoms with Crippen LogP contribution in [-0.4, -0.2) is 24.3 Å². The Morgan fingerprint density at radius 2 is 1.93 bits per heavy atom. The van der Waals surface area contributed by atoms with Crippen LogP contribution in [0.5, 0.6) is 5.75 Å². The molecule has 3 heteroatoms. The second kappa shape index (κ2) is 8.66. The van der Waals surface area contributed by atoms with Crippen LogP contribution >= 0.6 is 0 Å². The third-order valence-corrected chi connectivity index (χ3v) is 5.95. The molecule has 4 rings (SSSR count). The van der Waals surface area contributed by atoms with Crippen molar-refractivity contribution in [2.24, 2.45) is 7.05 Å². The number of unbranched alkanes of at least 4 members (excludes halogenated alkanes) is 1. The summed E-state index contributed by atoms with van der Waals surface area (Å²) in [5, 5.41) is 4.99. The molecule has 3 aromatic rings. The zero-order valence-electron chi connectivity index (χ0n) is 16.9. The third kappa shape index (κ3) is 4.00. The van der Waals surface area contributed by atoms with E-state index in [1.54, 1.807) is 7.11 Å². The van der Waals surface area contributed by atoms with Gasteiger partial charge in [-0.25, -0.2) is 0 Å². The van der Waals surface area contributed by atoms with Crippen LogP contribution in [0.15, 0.2) is 60.8 Å². The zero-order valence-corrected chi connectivity index (χ0v) is 16.9. The number of hydrogen-bond acceptors (Lipinski definition) is 2. The summed E-state index contributed by atoms with van der Waals surface area (Å²) in [5.74, 6) is 1.02. The minimum Gasteiger partial charge on any atom is -0.496 e. The zero-order chi connectivity index (χ0) is 19.3. The molecule has 1 aromatic heterocycles. The number of rotatable bonds is 7. The number of aromatic nitrogens is 1. The molecule has 28 heavy (non-hydrogen) atoms. The third-order valence-electron chi connectivity index (χ3n) is 5.95. The molecular formula is C25H30N2O. The largest absolute Gasteiger partial charge is 0.496 e. The Balaban J connectivity index is 1.34. The van der Waals surface area contributed by atoms with Gasteiger partial charge >= 0.3 is 0 Å². The average molecular weight is 375 g/mol. The van der Waals surface area contributed by atoms with Crippen LogP contribution in [-0.2, 0) is 13.5 Å². The molecule has 0 amide bonds. The van der Waals surface area contributed by atoms with Crippen molar-refractivity contribution in [3.05, 3.63) is 71.9 Å². The fourth-order valence-electron chi connectivity index (χ4n) is 4.40. The predicted molar refractivity (Wildman–Crippen MR) is 118 cm³/mol. The summed E-state index contributed by atoms with van der Waals surface area (Å²) in [6, 6.07) is 17.8. The lowest BCUT2D eigenvalue weighted by atomic mass is 9.92. The molecule has 0 fully saturated rings. The van der Waals surface area contributed by atoms with Gasteiger partial charge in [-0.05, 0) is 55.0 Å². The molecule has 1 atom stereocenters. The lowest BCUT2D eigenvalue weighted by Gasteiger charge is -2.24. The maximum Gasteiger partial charge on any atom is 0.122 e. The minimum atomic E-state index is 0.578. The van der Waals surface area contributed by atoms with Crippen molar-refractivity contribution >= 4 is 16.5 Å². The van der Waals surface area contributed by atoms with Crippen LogP contribution in [0.1, 0.15) is 36.8 Å². The Bertz CT molecular complexity index is 955. The SMILES string of the molecule is COc1ccc2c(ccn2C)c1CCCCC1CC(c2ccccc2)=CCN1. The number of nitrogens with zero attached hydrogens (tertiary/aromatic N) is 1. The number of benzene rings is 2. The number of aryl methyl sites for hydroxylation is 2. The summed E-state index contributed by atoms with van der Waals surface area (Å²) in [4.78, 5) is 0. The van der Waals surface area contributed by atoms with Gasteiger partial charge in [0.1, 0.15) is 5.75 Å². The molecule has 0 saturated carbocycles. The summed E-state index contributed by atoms with van der Waals surface area (Å²) < 4.78 is 7.83. The van der Waals surface area contributed by atoms with Crippen molar-refractivity contribution in [3.8, 4) is 5.75 Å². The molecule has 2 heterocycles. The number of ether oxygens (including phenoxy) is 1. The van der Waals surface area contributed by atoms with Crippen LogP contribution < -0.4 is 10.1 Å². The summed E-state index contributed by atoms with van der Waals surface area (Å²) in [7, 11) is 3.88. The molecule has 2 aromatic carbocycles. The smallest absolute Gasteiger partial charge is 0.122 e. The number of hydrogen-bond donors (Lipinski definition) is 1. The molecule has 1 aliphatic heterocycles. The molecule has 3 nitrogen and oxygen atoms in total. The van der Waals surface area contributed by atoms with E-state index in [-0.39, 0.29) is 0 Å². The molecule has 1 N–H and O–H groups in total. The maximum atomic E-state index is 5.64. The Kier molecular flexibility index (Phi) is 5.82. The van der Waals surface area contributed by atoms with Gasteiger partial charge in [0.15, 0.2) is 0 Å². The molecule has 0 spiro atoms. The Morgan fingerprint density at radius 3 is 2.75 bits per heavy atom. The van der Waals surface area contributed by atoms with Crippen LogP contribution in [0.3, 0.4) is 0 Å². The van der Waals surface area contributed by atoms with Crippen molar-refractivity contribution in [1.29, 1.82) is 0 Å². The molecular weight excluding hydrogens is 344 g/mol. The number of methoxy groups -OCH3 is 1. The van der Waals surface area contributed by atoms with Gasteiger partial charge in [-0.3, -0.25) is 0 Å². The molecule has 0 saturated heterocycles. The Morgan fingerprint density at radius 1 is 1.07 bits per heavy atom. The van der Waals surface area contributed by atoms with E-state index in [2.05, 4.69) is 77.7 Å². The van der Waals surface area contributed by atoms with E-state index in [1.165, 1.54) is 46.9 Å².